The number of carbonyl (C=O) groups is 1. The van der Waals surface area contributed by atoms with Gasteiger partial charge in [0, 0.05) is 25.7 Å². The van der Waals surface area contributed by atoms with Crippen molar-refractivity contribution >= 4 is 6.09 Å². The molecule has 0 spiro atoms. The van der Waals surface area contributed by atoms with Crippen LogP contribution in [0.1, 0.15) is 32.3 Å². The number of aliphatic hydroxyl groups is 1. The molecule has 4 rings (SSSR count). The van der Waals surface area contributed by atoms with Crippen molar-refractivity contribution in [2.24, 2.45) is 0 Å². The SMILES string of the molecule is CC1(C)O[C@H]2O[C@H](CN3CCC(NC(=O)OCc4ccccc4)CC3)[C@H](O)[C@H]2O1. The summed E-state index contributed by atoms with van der Waals surface area (Å²) in [5.41, 5.74) is 0.966. The van der Waals surface area contributed by atoms with Crippen molar-refractivity contribution in [3.8, 4) is 0 Å². The van der Waals surface area contributed by atoms with Crippen molar-refractivity contribution < 1.29 is 28.8 Å². The molecule has 8 nitrogen and oxygen atoms in total. The minimum atomic E-state index is -0.722. The van der Waals surface area contributed by atoms with Gasteiger partial charge in [-0.15, -0.1) is 0 Å². The van der Waals surface area contributed by atoms with E-state index in [1.165, 1.54) is 0 Å². The van der Waals surface area contributed by atoms with Gasteiger partial charge in [0.25, 0.3) is 0 Å². The van der Waals surface area contributed by atoms with Crippen molar-refractivity contribution in [2.75, 3.05) is 19.6 Å². The zero-order valence-electron chi connectivity index (χ0n) is 17.0. The molecule has 0 unspecified atom stereocenters. The van der Waals surface area contributed by atoms with E-state index >= 15 is 0 Å². The molecule has 160 valence electrons. The van der Waals surface area contributed by atoms with E-state index < -0.39 is 24.3 Å². The first-order valence-electron chi connectivity index (χ1n) is 10.3. The number of amides is 1. The summed E-state index contributed by atoms with van der Waals surface area (Å²) < 4.78 is 22.6. The van der Waals surface area contributed by atoms with Gasteiger partial charge in [-0.05, 0) is 32.3 Å². The summed E-state index contributed by atoms with van der Waals surface area (Å²) in [5, 5.41) is 13.5. The fourth-order valence-corrected chi connectivity index (χ4v) is 4.15. The van der Waals surface area contributed by atoms with Gasteiger partial charge in [-0.3, -0.25) is 0 Å². The third kappa shape index (κ3) is 5.07. The number of nitrogens with one attached hydrogen (secondary N) is 1. The first-order valence-corrected chi connectivity index (χ1v) is 10.3. The molecule has 8 heteroatoms. The number of hydrogen-bond acceptors (Lipinski definition) is 7. The molecule has 3 heterocycles. The molecule has 3 aliphatic rings. The van der Waals surface area contributed by atoms with Gasteiger partial charge in [-0.2, -0.15) is 0 Å². The molecule has 0 bridgehead atoms. The Morgan fingerprint density at radius 1 is 1.24 bits per heavy atom. The summed E-state index contributed by atoms with van der Waals surface area (Å²) >= 11 is 0. The highest BCUT2D eigenvalue weighted by Gasteiger charge is 2.54. The normalized spacial score (nSPS) is 32.1. The summed E-state index contributed by atoms with van der Waals surface area (Å²) in [5.74, 6) is -0.722. The van der Waals surface area contributed by atoms with Crippen LogP contribution in [-0.4, -0.2) is 72.2 Å². The largest absolute Gasteiger partial charge is 0.445 e. The van der Waals surface area contributed by atoms with Crippen LogP contribution in [0.5, 0.6) is 0 Å². The first kappa shape index (κ1) is 20.6. The van der Waals surface area contributed by atoms with Gasteiger partial charge in [0.15, 0.2) is 12.1 Å². The van der Waals surface area contributed by atoms with Crippen LogP contribution < -0.4 is 5.32 Å². The van der Waals surface area contributed by atoms with Crippen LogP contribution in [-0.2, 0) is 25.6 Å². The van der Waals surface area contributed by atoms with Crippen molar-refractivity contribution in [1.29, 1.82) is 0 Å². The maximum atomic E-state index is 12.0. The monoisotopic (exact) mass is 406 g/mol. The van der Waals surface area contributed by atoms with Gasteiger partial charge in [-0.1, -0.05) is 30.3 Å². The topological polar surface area (TPSA) is 89.5 Å². The number of nitrogens with zero attached hydrogens (tertiary/aromatic N) is 1. The quantitative estimate of drug-likeness (QED) is 0.768. The van der Waals surface area contributed by atoms with Crippen LogP contribution in [0.2, 0.25) is 0 Å². The average Bonchev–Trinajstić information content (AvgIpc) is 3.15. The van der Waals surface area contributed by atoms with Crippen LogP contribution >= 0.6 is 0 Å². The molecule has 4 atom stereocenters. The number of hydrogen-bond donors (Lipinski definition) is 2. The van der Waals surface area contributed by atoms with Crippen LogP contribution in [0.25, 0.3) is 0 Å². The second-order valence-electron chi connectivity index (χ2n) is 8.41. The molecule has 2 N–H and O–H groups in total. The number of aliphatic hydroxyl groups excluding tert-OH is 1. The number of ether oxygens (including phenoxy) is 4. The summed E-state index contributed by atoms with van der Waals surface area (Å²) in [7, 11) is 0. The summed E-state index contributed by atoms with van der Waals surface area (Å²) in [6, 6.07) is 9.72. The molecule has 29 heavy (non-hydrogen) atoms. The van der Waals surface area contributed by atoms with Crippen molar-refractivity contribution in [2.45, 2.75) is 69.7 Å². The fourth-order valence-electron chi connectivity index (χ4n) is 4.15. The molecular weight excluding hydrogens is 376 g/mol. The molecule has 1 amide bonds. The molecule has 0 aliphatic carbocycles. The van der Waals surface area contributed by atoms with Crippen LogP contribution in [0, 0.1) is 0 Å². The Morgan fingerprint density at radius 3 is 2.66 bits per heavy atom. The Bertz CT molecular complexity index is 692. The Morgan fingerprint density at radius 2 is 1.97 bits per heavy atom. The highest BCUT2D eigenvalue weighted by molar-refractivity contribution is 5.67. The number of alkyl carbamates (subject to hydrolysis) is 1. The Labute approximate surface area is 171 Å². The van der Waals surface area contributed by atoms with E-state index in [1.54, 1.807) is 0 Å². The molecule has 0 saturated carbocycles. The molecule has 3 aliphatic heterocycles. The average molecular weight is 406 g/mol. The van der Waals surface area contributed by atoms with Gasteiger partial charge in [0.2, 0.25) is 0 Å². The standard InChI is InChI=1S/C21H30N2O6/c1-21(2)28-18-17(24)16(27-19(18)29-21)12-23-10-8-15(9-11-23)22-20(25)26-13-14-6-4-3-5-7-14/h3-7,15-19,24H,8-13H2,1-2H3,(H,22,25)/t16-,17+,18-,19-/m1/s1. The van der Waals surface area contributed by atoms with E-state index in [-0.39, 0.29) is 24.8 Å². The second kappa shape index (κ2) is 8.57. The van der Waals surface area contributed by atoms with E-state index in [0.29, 0.717) is 6.54 Å². The van der Waals surface area contributed by atoms with Crippen LogP contribution in [0.15, 0.2) is 30.3 Å². The highest BCUT2D eigenvalue weighted by Crippen LogP contribution is 2.37. The van der Waals surface area contributed by atoms with Crippen molar-refractivity contribution in [3.63, 3.8) is 0 Å². The predicted octanol–water partition coefficient (Wildman–Crippen LogP) is 1.61. The van der Waals surface area contributed by atoms with E-state index in [9.17, 15) is 9.90 Å². The van der Waals surface area contributed by atoms with Crippen molar-refractivity contribution in [1.82, 2.24) is 10.2 Å². The van der Waals surface area contributed by atoms with E-state index in [2.05, 4.69) is 10.2 Å². The molecule has 1 aromatic carbocycles. The number of rotatable bonds is 5. The fraction of sp³-hybridized carbons (Fsp3) is 0.667. The third-order valence-corrected chi connectivity index (χ3v) is 5.67. The molecule has 3 saturated heterocycles. The molecule has 0 aromatic heterocycles. The molecule has 0 radical (unpaired) electrons. The van der Waals surface area contributed by atoms with Crippen LogP contribution in [0.4, 0.5) is 4.79 Å². The van der Waals surface area contributed by atoms with Gasteiger partial charge in [0.05, 0.1) is 0 Å². The third-order valence-electron chi connectivity index (χ3n) is 5.67. The number of likely N-dealkylation sites (tertiary alicyclic amines) is 1. The van der Waals surface area contributed by atoms with E-state index in [0.717, 1.165) is 31.5 Å². The van der Waals surface area contributed by atoms with E-state index in [1.807, 2.05) is 44.2 Å². The Hall–Kier alpha value is -1.71. The minimum absolute atomic E-state index is 0.0933. The number of piperidine rings is 1. The number of fused-ring (bicyclic) bond motifs is 1. The highest BCUT2D eigenvalue weighted by atomic mass is 16.8. The molecule has 1 aromatic rings. The zero-order valence-corrected chi connectivity index (χ0v) is 17.0. The zero-order chi connectivity index (χ0) is 20.4. The summed E-state index contributed by atoms with van der Waals surface area (Å²) in [6.07, 6.45) is -0.706. The maximum Gasteiger partial charge on any atom is 0.407 e. The lowest BCUT2D eigenvalue weighted by Gasteiger charge is -2.34. The van der Waals surface area contributed by atoms with Crippen molar-refractivity contribution in [3.05, 3.63) is 35.9 Å². The predicted molar refractivity (Wildman–Crippen MR) is 104 cm³/mol. The second-order valence-corrected chi connectivity index (χ2v) is 8.41. The van der Waals surface area contributed by atoms with Crippen LogP contribution in [0.3, 0.4) is 0 Å². The van der Waals surface area contributed by atoms with Gasteiger partial charge < -0.3 is 34.3 Å². The maximum absolute atomic E-state index is 12.0. The van der Waals surface area contributed by atoms with E-state index in [4.69, 9.17) is 18.9 Å². The molecule has 3 fully saturated rings. The number of carbonyl (C=O) groups excluding carboxylic acids is 1. The lowest BCUT2D eigenvalue weighted by atomic mass is 10.0. The molecular formula is C21H30N2O6. The van der Waals surface area contributed by atoms with Gasteiger partial charge in [0.1, 0.15) is 24.9 Å². The lowest BCUT2D eigenvalue weighted by Crippen LogP contribution is -2.48. The first-order chi connectivity index (χ1) is 13.9. The minimum Gasteiger partial charge on any atom is -0.445 e. The lowest BCUT2D eigenvalue weighted by molar-refractivity contribution is -0.216. The summed E-state index contributed by atoms with van der Waals surface area (Å²) in [4.78, 5) is 14.3. The Balaban J connectivity index is 1.16. The Kier molecular flexibility index (Phi) is 6.08. The number of benzene rings is 1. The summed E-state index contributed by atoms with van der Waals surface area (Å²) in [6.45, 7) is 6.16. The van der Waals surface area contributed by atoms with Gasteiger partial charge in [-0.25, -0.2) is 4.79 Å². The van der Waals surface area contributed by atoms with Gasteiger partial charge >= 0.3 is 6.09 Å². The smallest absolute Gasteiger partial charge is 0.407 e.